The number of allylic oxidation sites excluding steroid dienone is 4. The predicted octanol–water partition coefficient (Wildman–Crippen LogP) is 9.09. The fraction of sp³-hybridized carbons (Fsp3) is 0.375. The Kier molecular flexibility index (Phi) is 6.14. The average Bonchev–Trinajstić information content (AvgIpc) is 3.14. The summed E-state index contributed by atoms with van der Waals surface area (Å²) in [6.45, 7) is 18.2. The second kappa shape index (κ2) is 8.61. The summed E-state index contributed by atoms with van der Waals surface area (Å²) in [7, 11) is 0. The third-order valence-electron chi connectivity index (χ3n) is 8.52. The molecule has 0 N–H and O–H groups in total. The first-order valence-electron chi connectivity index (χ1n) is 12.1. The van der Waals surface area contributed by atoms with E-state index in [0.717, 1.165) is 0 Å². The first kappa shape index (κ1) is 23.5. The number of rotatable bonds is 6. The molecule has 172 valence electrons. The van der Waals surface area contributed by atoms with Crippen molar-refractivity contribution >= 4 is 0 Å². The Balaban J connectivity index is 1.89. The van der Waals surface area contributed by atoms with Crippen LogP contribution in [-0.2, 0) is 4.74 Å². The maximum atomic E-state index is 7.37. The van der Waals surface area contributed by atoms with E-state index in [2.05, 4.69) is 128 Å². The van der Waals surface area contributed by atoms with Crippen LogP contribution in [0.1, 0.15) is 78.7 Å². The highest BCUT2D eigenvalue weighted by Gasteiger charge is 2.46. The summed E-state index contributed by atoms with van der Waals surface area (Å²) in [4.78, 5) is 0. The molecule has 2 aromatic rings. The van der Waals surface area contributed by atoms with Gasteiger partial charge in [0, 0.05) is 10.8 Å². The molecule has 2 aliphatic rings. The zero-order valence-electron chi connectivity index (χ0n) is 21.5. The van der Waals surface area contributed by atoms with Crippen LogP contribution in [0.2, 0.25) is 0 Å². The van der Waals surface area contributed by atoms with Gasteiger partial charge in [-0.15, -0.1) is 0 Å². The summed E-state index contributed by atoms with van der Waals surface area (Å²) in [5.41, 5.74) is 10.3. The molecule has 0 heterocycles. The quantitative estimate of drug-likeness (QED) is 0.437. The second-order valence-corrected chi connectivity index (χ2v) is 10.4. The molecular formula is C32H38O. The van der Waals surface area contributed by atoms with Gasteiger partial charge in [0.2, 0.25) is 0 Å². The van der Waals surface area contributed by atoms with Crippen LogP contribution >= 0.6 is 0 Å². The Labute approximate surface area is 200 Å². The zero-order valence-corrected chi connectivity index (χ0v) is 21.5. The topological polar surface area (TPSA) is 9.23 Å². The van der Waals surface area contributed by atoms with E-state index in [0.29, 0.717) is 0 Å². The summed E-state index contributed by atoms with van der Waals surface area (Å²) >= 11 is 0. The van der Waals surface area contributed by atoms with Gasteiger partial charge in [0.1, 0.15) is 0 Å². The highest BCUT2D eigenvalue weighted by Crippen LogP contribution is 2.57. The number of benzene rings is 2. The van der Waals surface area contributed by atoms with Crippen molar-refractivity contribution in [2.24, 2.45) is 10.8 Å². The standard InChI is InChI=1S/C32H38O/c1-21-19-31(7,25(5)23(21)3)29(27-15-11-9-12-16-27)33-30(28-17-13-10-14-18-28)32(8)20-22(2)24(4)26(32)6/h9-20,29-30H,1-8H3. The summed E-state index contributed by atoms with van der Waals surface area (Å²) in [6.07, 6.45) is 4.64. The molecule has 1 nitrogen and oxygen atoms in total. The molecule has 0 radical (unpaired) electrons. The molecule has 33 heavy (non-hydrogen) atoms. The van der Waals surface area contributed by atoms with E-state index < -0.39 is 0 Å². The second-order valence-electron chi connectivity index (χ2n) is 10.4. The lowest BCUT2D eigenvalue weighted by molar-refractivity contribution is -0.0886. The van der Waals surface area contributed by atoms with Crippen molar-refractivity contribution in [2.45, 2.75) is 67.6 Å². The smallest absolute Gasteiger partial charge is 0.0959 e. The highest BCUT2D eigenvalue weighted by molar-refractivity contribution is 5.49. The fourth-order valence-electron chi connectivity index (χ4n) is 5.80. The molecule has 0 aromatic heterocycles. The van der Waals surface area contributed by atoms with Crippen LogP contribution in [-0.4, -0.2) is 0 Å². The minimum Gasteiger partial charge on any atom is -0.363 e. The number of hydrogen-bond donors (Lipinski definition) is 0. The summed E-state index contributed by atoms with van der Waals surface area (Å²) < 4.78 is 7.37. The third kappa shape index (κ3) is 3.87. The molecule has 2 aromatic carbocycles. The van der Waals surface area contributed by atoms with Crippen LogP contribution < -0.4 is 0 Å². The van der Waals surface area contributed by atoms with E-state index in [9.17, 15) is 0 Å². The molecule has 0 bridgehead atoms. The lowest BCUT2D eigenvalue weighted by atomic mass is 9.74. The van der Waals surface area contributed by atoms with E-state index in [1.807, 2.05) is 0 Å². The maximum Gasteiger partial charge on any atom is 0.0959 e. The monoisotopic (exact) mass is 438 g/mol. The van der Waals surface area contributed by atoms with Gasteiger partial charge in [-0.1, -0.05) is 95.1 Å². The molecule has 0 fully saturated rings. The molecule has 4 atom stereocenters. The molecule has 4 rings (SSSR count). The van der Waals surface area contributed by atoms with E-state index in [1.165, 1.54) is 44.6 Å². The molecule has 1 heteroatoms. The van der Waals surface area contributed by atoms with Crippen LogP contribution in [0, 0.1) is 10.8 Å². The van der Waals surface area contributed by atoms with Crippen LogP contribution in [0.3, 0.4) is 0 Å². The minimum atomic E-state index is -0.205. The van der Waals surface area contributed by atoms with Gasteiger partial charge < -0.3 is 4.74 Å². The number of hydrogen-bond acceptors (Lipinski definition) is 1. The van der Waals surface area contributed by atoms with Crippen LogP contribution in [0.25, 0.3) is 0 Å². The Hall–Kier alpha value is -2.64. The van der Waals surface area contributed by atoms with Crippen molar-refractivity contribution in [1.82, 2.24) is 0 Å². The predicted molar refractivity (Wildman–Crippen MR) is 140 cm³/mol. The molecule has 0 aliphatic heterocycles. The SMILES string of the molecule is CC1=CC(C)(C(OC(c2ccccc2)C2(C)C=C(C)C(C)=C2C)c2ccccc2)C(C)=C1C. The van der Waals surface area contributed by atoms with E-state index in [-0.39, 0.29) is 23.0 Å². The summed E-state index contributed by atoms with van der Waals surface area (Å²) in [5, 5.41) is 0. The molecule has 4 unspecified atom stereocenters. The van der Waals surface area contributed by atoms with E-state index in [4.69, 9.17) is 4.74 Å². The van der Waals surface area contributed by atoms with E-state index in [1.54, 1.807) is 0 Å². The van der Waals surface area contributed by atoms with Crippen molar-refractivity contribution in [1.29, 1.82) is 0 Å². The minimum absolute atomic E-state index is 0.101. The van der Waals surface area contributed by atoms with Crippen LogP contribution in [0.15, 0.2) is 106 Å². The van der Waals surface area contributed by atoms with Crippen molar-refractivity contribution < 1.29 is 4.74 Å². The third-order valence-corrected chi connectivity index (χ3v) is 8.52. The van der Waals surface area contributed by atoms with Crippen molar-refractivity contribution in [3.8, 4) is 0 Å². The molecule has 0 saturated heterocycles. The first-order chi connectivity index (χ1) is 15.6. The van der Waals surface area contributed by atoms with Gasteiger partial charge in [-0.2, -0.15) is 0 Å². The molecule has 0 amide bonds. The Morgan fingerprint density at radius 3 is 1.15 bits per heavy atom. The highest BCUT2D eigenvalue weighted by atomic mass is 16.5. The van der Waals surface area contributed by atoms with Gasteiger partial charge in [0.05, 0.1) is 12.2 Å². The van der Waals surface area contributed by atoms with Gasteiger partial charge in [0.25, 0.3) is 0 Å². The number of ether oxygens (including phenoxy) is 1. The Morgan fingerprint density at radius 2 is 0.879 bits per heavy atom. The van der Waals surface area contributed by atoms with Crippen LogP contribution in [0.4, 0.5) is 0 Å². The lowest BCUT2D eigenvalue weighted by Crippen LogP contribution is -2.33. The normalized spacial score (nSPS) is 27.0. The molecule has 0 saturated carbocycles. The van der Waals surface area contributed by atoms with E-state index >= 15 is 0 Å². The van der Waals surface area contributed by atoms with Crippen molar-refractivity contribution in [3.05, 3.63) is 117 Å². The average molecular weight is 439 g/mol. The Bertz CT molecular complexity index is 1070. The lowest BCUT2D eigenvalue weighted by Gasteiger charge is -2.42. The zero-order chi connectivity index (χ0) is 24.0. The summed E-state index contributed by atoms with van der Waals surface area (Å²) in [6, 6.07) is 21.5. The van der Waals surface area contributed by atoms with Gasteiger partial charge in [0.15, 0.2) is 0 Å². The van der Waals surface area contributed by atoms with Gasteiger partial charge >= 0.3 is 0 Å². The van der Waals surface area contributed by atoms with Gasteiger partial charge in [-0.25, -0.2) is 0 Å². The van der Waals surface area contributed by atoms with Crippen molar-refractivity contribution in [3.63, 3.8) is 0 Å². The van der Waals surface area contributed by atoms with Gasteiger partial charge in [-0.05, 0) is 77.7 Å². The molecular weight excluding hydrogens is 400 g/mol. The van der Waals surface area contributed by atoms with Crippen molar-refractivity contribution in [2.75, 3.05) is 0 Å². The summed E-state index contributed by atoms with van der Waals surface area (Å²) in [5.74, 6) is 0. The van der Waals surface area contributed by atoms with Crippen LogP contribution in [0.5, 0.6) is 0 Å². The van der Waals surface area contributed by atoms with Gasteiger partial charge in [-0.3, -0.25) is 0 Å². The Morgan fingerprint density at radius 1 is 0.545 bits per heavy atom. The molecule has 0 spiro atoms. The molecule has 2 aliphatic carbocycles. The fourth-order valence-corrected chi connectivity index (χ4v) is 5.80. The maximum absolute atomic E-state index is 7.37. The first-order valence-corrected chi connectivity index (χ1v) is 12.1. The largest absolute Gasteiger partial charge is 0.363 e.